The minimum Gasteiger partial charge on any atom is -0.466 e. The second kappa shape index (κ2) is 13.3. The van der Waals surface area contributed by atoms with Crippen molar-refractivity contribution in [1.29, 1.82) is 0 Å². The van der Waals surface area contributed by atoms with Gasteiger partial charge in [0, 0.05) is 25.5 Å². The van der Waals surface area contributed by atoms with Crippen LogP contribution < -0.4 is 5.32 Å². The molecule has 16 heteroatoms. The first kappa shape index (κ1) is 29.8. The number of nitrogens with one attached hydrogen (secondary N) is 1. The Morgan fingerprint density at radius 2 is 1.48 bits per heavy atom. The van der Waals surface area contributed by atoms with Gasteiger partial charge in [-0.25, -0.2) is 9.59 Å². The fraction of sp³-hybridized carbons (Fsp3) is 0.333. The molecule has 2 amide bonds. The van der Waals surface area contributed by atoms with Gasteiger partial charge in [0.1, 0.15) is 19.3 Å². The van der Waals surface area contributed by atoms with Gasteiger partial charge in [0.25, 0.3) is 11.4 Å². The Labute approximate surface area is 231 Å². The number of alkyl carbamates (subject to hydrolysis) is 1. The van der Waals surface area contributed by atoms with Crippen LogP contribution in [0.2, 0.25) is 0 Å². The normalized spacial score (nSPS) is 16.8. The van der Waals surface area contributed by atoms with Gasteiger partial charge in [0.15, 0.2) is 0 Å². The molecule has 1 N–H and O–H groups in total. The molecule has 3 unspecified atom stereocenters. The predicted octanol–water partition coefficient (Wildman–Crippen LogP) is 2.57. The fourth-order valence-electron chi connectivity index (χ4n) is 3.90. The number of benzene rings is 2. The molecule has 212 valence electrons. The molecule has 1 saturated heterocycles. The van der Waals surface area contributed by atoms with Crippen LogP contribution in [0, 0.1) is 20.2 Å². The molecule has 1 aliphatic rings. The number of para-hydroxylation sites is 2. The van der Waals surface area contributed by atoms with E-state index in [0.717, 1.165) is 4.90 Å². The zero-order valence-electron chi connectivity index (χ0n) is 20.9. The van der Waals surface area contributed by atoms with Gasteiger partial charge in [-0.05, 0) is 12.1 Å². The minimum absolute atomic E-state index is 0.0267. The number of β-lactam (4-membered cyclic amide) rings is 1. The Morgan fingerprint density at radius 1 is 0.950 bits per heavy atom. The summed E-state index contributed by atoms with van der Waals surface area (Å²) < 4.78 is 15.0. The monoisotopic (exact) mass is 578 g/mol. The first-order valence-corrected chi connectivity index (χ1v) is 12.1. The lowest BCUT2D eigenvalue weighted by molar-refractivity contribution is -0.386. The SMILES string of the molecule is CC(=O)OCCC1C(NC(=O)OCc2ccccc2[N+](=O)[O-])C(=O)N1C(Cl)C(=O)OCc1ccccc1[N+](=O)[O-]. The number of nitro benzene ring substituents is 2. The van der Waals surface area contributed by atoms with Gasteiger partial charge in [-0.1, -0.05) is 35.9 Å². The standard InChI is InChI=1S/C24H23ClN4O11/c1-14(30)38-11-10-19-20(26-24(33)40-13-16-7-3-5-9-18(16)29(36)37)22(31)27(19)21(25)23(32)39-12-15-6-2-4-8-17(15)28(34)35/h2-9,19-21H,10-13H2,1H3,(H,26,33). The number of halogens is 1. The number of rotatable bonds is 12. The van der Waals surface area contributed by atoms with Crippen LogP contribution in [-0.4, -0.2) is 62.9 Å². The zero-order valence-corrected chi connectivity index (χ0v) is 21.6. The van der Waals surface area contributed by atoms with E-state index >= 15 is 0 Å². The Morgan fingerprint density at radius 3 is 2.00 bits per heavy atom. The molecule has 0 aliphatic carbocycles. The molecular weight excluding hydrogens is 556 g/mol. The summed E-state index contributed by atoms with van der Waals surface area (Å²) in [5.74, 6) is -2.46. The molecule has 1 fully saturated rings. The summed E-state index contributed by atoms with van der Waals surface area (Å²) in [5.41, 5.74) is -1.97. The molecular formula is C24H23ClN4O11. The van der Waals surface area contributed by atoms with E-state index in [9.17, 15) is 39.4 Å². The molecule has 0 aromatic heterocycles. The van der Waals surface area contributed by atoms with Crippen molar-refractivity contribution in [2.45, 2.75) is 44.1 Å². The van der Waals surface area contributed by atoms with Crippen molar-refractivity contribution in [3.63, 3.8) is 0 Å². The molecule has 0 radical (unpaired) electrons. The van der Waals surface area contributed by atoms with Crippen LogP contribution in [-0.2, 0) is 41.8 Å². The van der Waals surface area contributed by atoms with E-state index in [1.807, 2.05) is 0 Å². The number of likely N-dealkylation sites (tertiary alicyclic amines) is 1. The quantitative estimate of drug-likeness (QED) is 0.0738. The molecule has 0 saturated carbocycles. The van der Waals surface area contributed by atoms with E-state index in [2.05, 4.69) is 5.32 Å². The van der Waals surface area contributed by atoms with E-state index in [0.29, 0.717) is 0 Å². The Hall–Kier alpha value is -4.79. The highest BCUT2D eigenvalue weighted by molar-refractivity contribution is 6.31. The van der Waals surface area contributed by atoms with Crippen LogP contribution in [0.1, 0.15) is 24.5 Å². The summed E-state index contributed by atoms with van der Waals surface area (Å²) in [6.45, 7) is 0.0485. The van der Waals surface area contributed by atoms with Crippen molar-refractivity contribution in [2.24, 2.45) is 0 Å². The fourth-order valence-corrected chi connectivity index (χ4v) is 4.20. The van der Waals surface area contributed by atoms with E-state index in [1.165, 1.54) is 55.5 Å². The maximum atomic E-state index is 12.9. The number of carbonyl (C=O) groups excluding carboxylic acids is 4. The molecule has 15 nitrogen and oxygen atoms in total. The van der Waals surface area contributed by atoms with Gasteiger partial charge < -0.3 is 24.4 Å². The van der Waals surface area contributed by atoms with Crippen molar-refractivity contribution in [3.05, 3.63) is 79.9 Å². The summed E-state index contributed by atoms with van der Waals surface area (Å²) >= 11 is 6.20. The highest BCUT2D eigenvalue weighted by Crippen LogP contribution is 2.29. The van der Waals surface area contributed by atoms with Crippen LogP contribution >= 0.6 is 11.6 Å². The summed E-state index contributed by atoms with van der Waals surface area (Å²) in [7, 11) is 0. The number of esters is 2. The van der Waals surface area contributed by atoms with Crippen LogP contribution in [0.4, 0.5) is 16.2 Å². The maximum Gasteiger partial charge on any atom is 0.408 e. The van der Waals surface area contributed by atoms with Crippen LogP contribution in [0.25, 0.3) is 0 Å². The van der Waals surface area contributed by atoms with E-state index < -0.39 is 64.6 Å². The largest absolute Gasteiger partial charge is 0.466 e. The lowest BCUT2D eigenvalue weighted by Gasteiger charge is -2.48. The predicted molar refractivity (Wildman–Crippen MR) is 135 cm³/mol. The molecule has 3 rings (SSSR count). The van der Waals surface area contributed by atoms with Crippen LogP contribution in [0.5, 0.6) is 0 Å². The molecule has 1 heterocycles. The lowest BCUT2D eigenvalue weighted by atomic mass is 9.92. The maximum absolute atomic E-state index is 12.9. The van der Waals surface area contributed by atoms with E-state index in [-0.39, 0.29) is 35.5 Å². The molecule has 0 bridgehead atoms. The zero-order chi connectivity index (χ0) is 29.4. The number of ether oxygens (including phenoxy) is 3. The third-order valence-corrected chi connectivity index (χ3v) is 6.19. The van der Waals surface area contributed by atoms with Gasteiger partial charge in [-0.2, -0.15) is 0 Å². The van der Waals surface area contributed by atoms with Crippen LogP contribution in [0.3, 0.4) is 0 Å². The molecule has 2 aromatic rings. The van der Waals surface area contributed by atoms with Gasteiger partial charge in [-0.3, -0.25) is 29.8 Å². The smallest absolute Gasteiger partial charge is 0.408 e. The Bertz CT molecular complexity index is 1320. The number of carbonyl (C=O) groups is 4. The second-order valence-corrected chi connectivity index (χ2v) is 8.77. The first-order chi connectivity index (χ1) is 19.0. The van der Waals surface area contributed by atoms with Crippen LogP contribution in [0.15, 0.2) is 48.5 Å². The minimum atomic E-state index is -1.67. The second-order valence-electron chi connectivity index (χ2n) is 8.35. The Balaban J connectivity index is 1.65. The van der Waals surface area contributed by atoms with Crippen molar-refractivity contribution < 1.29 is 43.2 Å². The van der Waals surface area contributed by atoms with Gasteiger partial charge in [0.05, 0.1) is 33.6 Å². The number of alkyl halides is 1. The topological polar surface area (TPSA) is 198 Å². The molecule has 40 heavy (non-hydrogen) atoms. The number of hydrogen-bond donors (Lipinski definition) is 1. The first-order valence-electron chi connectivity index (χ1n) is 11.7. The number of hydrogen-bond acceptors (Lipinski definition) is 11. The lowest BCUT2D eigenvalue weighted by Crippen LogP contribution is -2.73. The van der Waals surface area contributed by atoms with Crippen molar-refractivity contribution in [2.75, 3.05) is 6.61 Å². The third kappa shape index (κ3) is 7.19. The number of amides is 2. The summed E-state index contributed by atoms with van der Waals surface area (Å²) in [6, 6.07) is 9.05. The van der Waals surface area contributed by atoms with Gasteiger partial charge in [0.2, 0.25) is 11.4 Å². The number of nitrogens with zero attached hydrogens (tertiary/aromatic N) is 3. The molecule has 0 spiro atoms. The van der Waals surface area contributed by atoms with E-state index in [1.54, 1.807) is 0 Å². The van der Waals surface area contributed by atoms with Crippen molar-refractivity contribution in [3.8, 4) is 0 Å². The van der Waals surface area contributed by atoms with Crippen molar-refractivity contribution in [1.82, 2.24) is 10.2 Å². The highest BCUT2D eigenvalue weighted by atomic mass is 35.5. The van der Waals surface area contributed by atoms with Gasteiger partial charge in [-0.15, -0.1) is 0 Å². The summed E-state index contributed by atoms with van der Waals surface area (Å²) in [5, 5.41) is 24.6. The van der Waals surface area contributed by atoms with E-state index in [4.69, 9.17) is 25.8 Å². The summed E-state index contributed by atoms with van der Waals surface area (Å²) in [6.07, 6.45) is -1.10. The highest BCUT2D eigenvalue weighted by Gasteiger charge is 2.53. The van der Waals surface area contributed by atoms with Gasteiger partial charge >= 0.3 is 18.0 Å². The van der Waals surface area contributed by atoms with Crippen molar-refractivity contribution >= 4 is 46.9 Å². The molecule has 1 aliphatic heterocycles. The molecule has 3 atom stereocenters. The number of nitro groups is 2. The average molecular weight is 579 g/mol. The molecule has 2 aromatic carbocycles. The third-order valence-electron chi connectivity index (χ3n) is 5.80. The average Bonchev–Trinajstić information content (AvgIpc) is 2.92. The summed E-state index contributed by atoms with van der Waals surface area (Å²) in [4.78, 5) is 71.0. The Kier molecular flexibility index (Phi) is 9.92.